The number of rotatable bonds is 6. The normalized spacial score (nSPS) is 20.3. The predicted octanol–water partition coefficient (Wildman–Crippen LogP) is 10.00. The van der Waals surface area contributed by atoms with E-state index in [1.54, 1.807) is 0 Å². The van der Waals surface area contributed by atoms with Gasteiger partial charge in [0.2, 0.25) is 0 Å². The van der Waals surface area contributed by atoms with Crippen molar-refractivity contribution in [1.82, 2.24) is 4.57 Å². The van der Waals surface area contributed by atoms with E-state index in [9.17, 15) is 0 Å². The van der Waals surface area contributed by atoms with E-state index in [1.165, 1.54) is 27.4 Å². The van der Waals surface area contributed by atoms with Gasteiger partial charge in [0, 0.05) is 22.7 Å². The van der Waals surface area contributed by atoms with E-state index in [-0.39, 0.29) is 22.5 Å². The van der Waals surface area contributed by atoms with Crippen LogP contribution in [0.15, 0.2) is 54.6 Å². The predicted molar refractivity (Wildman–Crippen MR) is 197 cm³/mol. The molecule has 4 aromatic rings. The van der Waals surface area contributed by atoms with Crippen LogP contribution in [0.4, 0.5) is 0 Å². The number of hydrogen-bond donors (Lipinski definition) is 0. The fourth-order valence-electron chi connectivity index (χ4n) is 7.70. The molecule has 0 radical (unpaired) electrons. The molecule has 2 fully saturated rings. The standard InChI is InChI=1S/C41H56BNO4/c1-37(2,3)26-39(7,8)27-24-31(42-46-40(9,10)41(11,12)47-42)36(45-34-22-15-16-23-44-34)33(25-27)43-32-21-14-13-18-28(32)29-19-17-20-30(35(29)43)38(4,5)6/h13-14,17-21,24-25,34H,15-16,22-23,26H2,1-12H3. The van der Waals surface area contributed by atoms with E-state index < -0.39 is 18.3 Å². The molecule has 0 aliphatic carbocycles. The first-order chi connectivity index (χ1) is 21.8. The summed E-state index contributed by atoms with van der Waals surface area (Å²) in [6.45, 7) is 27.8. The summed E-state index contributed by atoms with van der Waals surface area (Å²) in [6, 6.07) is 20.2. The van der Waals surface area contributed by atoms with Gasteiger partial charge in [-0.05, 0) is 86.5 Å². The minimum Gasteiger partial charge on any atom is -0.463 e. The molecule has 1 unspecified atom stereocenters. The third-order valence-electron chi connectivity index (χ3n) is 10.5. The van der Waals surface area contributed by atoms with Crippen LogP contribution in [0, 0.1) is 5.41 Å². The number of fused-ring (bicyclic) bond motifs is 3. The van der Waals surface area contributed by atoms with Crippen molar-refractivity contribution < 1.29 is 18.8 Å². The lowest BCUT2D eigenvalue weighted by atomic mass is 9.69. The molecule has 0 N–H and O–H groups in total. The lowest BCUT2D eigenvalue weighted by Crippen LogP contribution is -2.41. The Morgan fingerprint density at radius 2 is 1.49 bits per heavy atom. The van der Waals surface area contributed by atoms with Crippen molar-refractivity contribution in [2.75, 3.05) is 6.61 Å². The Balaban J connectivity index is 1.74. The van der Waals surface area contributed by atoms with Crippen molar-refractivity contribution in [1.29, 1.82) is 0 Å². The molecule has 5 nitrogen and oxygen atoms in total. The van der Waals surface area contributed by atoms with Crippen molar-refractivity contribution in [2.24, 2.45) is 5.41 Å². The largest absolute Gasteiger partial charge is 0.498 e. The fraction of sp³-hybridized carbons (Fsp3) is 0.561. The third-order valence-corrected chi connectivity index (χ3v) is 10.5. The topological polar surface area (TPSA) is 41.9 Å². The maximum atomic E-state index is 7.08. The second-order valence-corrected chi connectivity index (χ2v) is 17.8. The van der Waals surface area contributed by atoms with E-state index in [0.29, 0.717) is 6.61 Å². The van der Waals surface area contributed by atoms with Gasteiger partial charge in [-0.2, -0.15) is 0 Å². The molecule has 6 rings (SSSR count). The Morgan fingerprint density at radius 1 is 0.830 bits per heavy atom. The molecule has 3 aromatic carbocycles. The van der Waals surface area contributed by atoms with Gasteiger partial charge in [-0.15, -0.1) is 0 Å². The average Bonchev–Trinajstić information content (AvgIpc) is 3.41. The highest BCUT2D eigenvalue weighted by molar-refractivity contribution is 6.63. The van der Waals surface area contributed by atoms with Gasteiger partial charge in [0.05, 0.1) is 34.5 Å². The number of nitrogens with zero attached hydrogens (tertiary/aromatic N) is 1. The van der Waals surface area contributed by atoms with Gasteiger partial charge in [0.25, 0.3) is 0 Å². The van der Waals surface area contributed by atoms with Gasteiger partial charge in [0.15, 0.2) is 6.29 Å². The number of ether oxygens (including phenoxy) is 2. The van der Waals surface area contributed by atoms with E-state index >= 15 is 0 Å². The Morgan fingerprint density at radius 3 is 2.11 bits per heavy atom. The Kier molecular flexibility index (Phi) is 8.46. The van der Waals surface area contributed by atoms with Gasteiger partial charge in [-0.1, -0.05) is 97.9 Å². The van der Waals surface area contributed by atoms with Crippen LogP contribution in [0.5, 0.6) is 5.75 Å². The summed E-state index contributed by atoms with van der Waals surface area (Å²) in [6.07, 6.45) is 3.64. The van der Waals surface area contributed by atoms with Gasteiger partial charge >= 0.3 is 7.12 Å². The molecule has 0 bridgehead atoms. The summed E-state index contributed by atoms with van der Waals surface area (Å²) in [5.41, 5.74) is 5.72. The molecule has 2 aliphatic rings. The van der Waals surface area contributed by atoms with E-state index in [4.69, 9.17) is 18.8 Å². The highest BCUT2D eigenvalue weighted by Crippen LogP contribution is 2.45. The summed E-state index contributed by atoms with van der Waals surface area (Å²) >= 11 is 0. The minimum absolute atomic E-state index is 0.0865. The minimum atomic E-state index is -0.599. The molecular weight excluding hydrogens is 581 g/mol. The van der Waals surface area contributed by atoms with Gasteiger partial charge in [-0.25, -0.2) is 0 Å². The molecule has 252 valence electrons. The monoisotopic (exact) mass is 637 g/mol. The van der Waals surface area contributed by atoms with Gasteiger partial charge in [-0.3, -0.25) is 0 Å². The molecule has 6 heteroatoms. The molecule has 1 aromatic heterocycles. The van der Waals surface area contributed by atoms with Crippen molar-refractivity contribution >= 4 is 34.4 Å². The summed E-state index contributed by atoms with van der Waals surface area (Å²) in [7, 11) is -0.599. The van der Waals surface area contributed by atoms with Crippen LogP contribution in [-0.2, 0) is 24.9 Å². The molecule has 1 atom stereocenters. The molecule has 47 heavy (non-hydrogen) atoms. The van der Waals surface area contributed by atoms with E-state index in [1.807, 2.05) is 0 Å². The second-order valence-electron chi connectivity index (χ2n) is 17.8. The molecular formula is C41H56BNO4. The quantitative estimate of drug-likeness (QED) is 0.197. The highest BCUT2D eigenvalue weighted by atomic mass is 16.7. The second kappa shape index (κ2) is 11.7. The first-order valence-corrected chi connectivity index (χ1v) is 17.6. The van der Waals surface area contributed by atoms with E-state index in [0.717, 1.165) is 48.1 Å². The number of hydrogen-bond acceptors (Lipinski definition) is 4. The zero-order valence-electron chi connectivity index (χ0n) is 31.0. The van der Waals surface area contributed by atoms with Crippen LogP contribution in [-0.4, -0.2) is 35.8 Å². The summed E-state index contributed by atoms with van der Waals surface area (Å²) < 4.78 is 29.4. The van der Waals surface area contributed by atoms with Crippen LogP contribution >= 0.6 is 0 Å². The van der Waals surface area contributed by atoms with Crippen molar-refractivity contribution in [3.8, 4) is 11.4 Å². The summed E-state index contributed by atoms with van der Waals surface area (Å²) in [5, 5.41) is 2.47. The van der Waals surface area contributed by atoms with Crippen LogP contribution < -0.4 is 10.2 Å². The van der Waals surface area contributed by atoms with Crippen LogP contribution in [0.3, 0.4) is 0 Å². The Hall–Kier alpha value is -2.80. The summed E-state index contributed by atoms with van der Waals surface area (Å²) in [5.74, 6) is 0.775. The van der Waals surface area contributed by atoms with Gasteiger partial charge < -0.3 is 23.3 Å². The lowest BCUT2D eigenvalue weighted by Gasteiger charge is -2.35. The van der Waals surface area contributed by atoms with Crippen LogP contribution in [0.2, 0.25) is 0 Å². The smallest absolute Gasteiger partial charge is 0.463 e. The molecule has 0 spiro atoms. The number of para-hydroxylation sites is 2. The molecule has 0 amide bonds. The SMILES string of the molecule is CC(C)(C)CC(C)(C)c1cc(B2OC(C)(C)C(C)(C)O2)c(OC2CCCCO2)c(-n2c3ccccc3c3cccc(C(C)(C)C)c32)c1. The van der Waals surface area contributed by atoms with Crippen LogP contribution in [0.1, 0.15) is 120 Å². The van der Waals surface area contributed by atoms with Crippen molar-refractivity contribution in [2.45, 2.75) is 137 Å². The first kappa shape index (κ1) is 34.1. The van der Waals surface area contributed by atoms with Gasteiger partial charge in [0.1, 0.15) is 5.75 Å². The molecule has 3 heterocycles. The fourth-order valence-corrected chi connectivity index (χ4v) is 7.70. The lowest BCUT2D eigenvalue weighted by molar-refractivity contribution is -0.105. The Labute approximate surface area is 283 Å². The molecule has 0 saturated carbocycles. The Bertz CT molecular complexity index is 1760. The average molecular weight is 638 g/mol. The first-order valence-electron chi connectivity index (χ1n) is 17.6. The van der Waals surface area contributed by atoms with Crippen LogP contribution in [0.25, 0.3) is 27.5 Å². The molecule has 2 saturated heterocycles. The summed E-state index contributed by atoms with van der Waals surface area (Å²) in [4.78, 5) is 0. The zero-order valence-corrected chi connectivity index (χ0v) is 31.0. The molecule has 2 aliphatic heterocycles. The number of benzene rings is 3. The third kappa shape index (κ3) is 6.38. The maximum Gasteiger partial charge on any atom is 0.498 e. The van der Waals surface area contributed by atoms with Crippen molar-refractivity contribution in [3.63, 3.8) is 0 Å². The van der Waals surface area contributed by atoms with E-state index in [2.05, 4.69) is 142 Å². The maximum absolute atomic E-state index is 7.08. The number of aromatic nitrogens is 1. The zero-order chi connectivity index (χ0) is 34.2. The highest BCUT2D eigenvalue weighted by Gasteiger charge is 2.53. The van der Waals surface area contributed by atoms with Crippen molar-refractivity contribution in [3.05, 3.63) is 65.7 Å².